The number of nitrogens with zero attached hydrogens (tertiary/aromatic N) is 1. The number of carbonyl (C=O) groups is 2. The van der Waals surface area contributed by atoms with Crippen LogP contribution in [0.25, 0.3) is 0 Å². The molecular weight excluding hydrogens is 258 g/mol. The molecule has 2 unspecified atom stereocenters. The number of likely N-dealkylation sites (tertiary alicyclic amines) is 1. The average Bonchev–Trinajstić information content (AvgIpc) is 2.99. The molecule has 0 aromatic rings. The lowest BCUT2D eigenvalue weighted by atomic mass is 9.97. The molecule has 6 nitrogen and oxygen atoms in total. The molecule has 2 rings (SSSR count). The monoisotopic (exact) mass is 283 g/mol. The molecule has 0 spiro atoms. The summed E-state index contributed by atoms with van der Waals surface area (Å²) in [5.74, 6) is 0.499. The van der Waals surface area contributed by atoms with Crippen LogP contribution in [0.15, 0.2) is 0 Å². The second kappa shape index (κ2) is 7.59. The van der Waals surface area contributed by atoms with Gasteiger partial charge in [-0.3, -0.25) is 9.59 Å². The van der Waals surface area contributed by atoms with Gasteiger partial charge in [-0.1, -0.05) is 0 Å². The molecule has 2 heterocycles. The van der Waals surface area contributed by atoms with Crippen LogP contribution in [0, 0.1) is 5.92 Å². The Balaban J connectivity index is 1.72. The van der Waals surface area contributed by atoms with Crippen LogP contribution in [0.1, 0.15) is 25.7 Å². The molecule has 20 heavy (non-hydrogen) atoms. The van der Waals surface area contributed by atoms with E-state index < -0.39 is 0 Å². The Morgan fingerprint density at radius 2 is 2.20 bits per heavy atom. The maximum absolute atomic E-state index is 11.9. The molecule has 6 heteroatoms. The highest BCUT2D eigenvalue weighted by Crippen LogP contribution is 2.16. The van der Waals surface area contributed by atoms with Gasteiger partial charge in [-0.15, -0.1) is 0 Å². The van der Waals surface area contributed by atoms with Crippen LogP contribution in [0.4, 0.5) is 0 Å². The highest BCUT2D eigenvalue weighted by Gasteiger charge is 2.26. The summed E-state index contributed by atoms with van der Waals surface area (Å²) >= 11 is 0. The third-order valence-corrected chi connectivity index (χ3v) is 4.08. The second-order valence-electron chi connectivity index (χ2n) is 5.68. The number of carbonyl (C=O) groups excluding carboxylic acids is 2. The Morgan fingerprint density at radius 3 is 2.90 bits per heavy atom. The third-order valence-electron chi connectivity index (χ3n) is 4.08. The van der Waals surface area contributed by atoms with Crippen molar-refractivity contribution in [1.82, 2.24) is 15.5 Å². The van der Waals surface area contributed by atoms with Crippen molar-refractivity contribution in [2.75, 3.05) is 39.9 Å². The van der Waals surface area contributed by atoms with Crippen molar-refractivity contribution in [2.24, 2.45) is 5.92 Å². The van der Waals surface area contributed by atoms with Crippen LogP contribution >= 0.6 is 0 Å². The van der Waals surface area contributed by atoms with Crippen molar-refractivity contribution in [1.29, 1.82) is 0 Å². The Morgan fingerprint density at radius 1 is 1.35 bits per heavy atom. The van der Waals surface area contributed by atoms with E-state index in [9.17, 15) is 9.59 Å². The number of rotatable bonds is 5. The minimum atomic E-state index is -0.0233. The number of nitrogens with one attached hydrogen (secondary N) is 2. The first-order chi connectivity index (χ1) is 9.70. The van der Waals surface area contributed by atoms with Gasteiger partial charge < -0.3 is 20.3 Å². The van der Waals surface area contributed by atoms with Gasteiger partial charge in [0.05, 0.1) is 6.04 Å². The van der Waals surface area contributed by atoms with Crippen molar-refractivity contribution >= 4 is 11.8 Å². The minimum absolute atomic E-state index is 0.0233. The van der Waals surface area contributed by atoms with Gasteiger partial charge in [0.2, 0.25) is 11.8 Å². The van der Waals surface area contributed by atoms with Crippen molar-refractivity contribution in [2.45, 2.75) is 31.7 Å². The fourth-order valence-electron chi connectivity index (χ4n) is 2.95. The topological polar surface area (TPSA) is 70.7 Å². The molecule has 0 radical (unpaired) electrons. The van der Waals surface area contributed by atoms with Crippen LogP contribution in [-0.2, 0) is 14.3 Å². The van der Waals surface area contributed by atoms with Crippen molar-refractivity contribution in [3.63, 3.8) is 0 Å². The van der Waals surface area contributed by atoms with Gasteiger partial charge >= 0.3 is 0 Å². The minimum Gasteiger partial charge on any atom is -0.375 e. The lowest BCUT2D eigenvalue weighted by molar-refractivity contribution is -0.136. The molecule has 114 valence electrons. The zero-order valence-corrected chi connectivity index (χ0v) is 12.2. The Bertz CT molecular complexity index is 343. The van der Waals surface area contributed by atoms with Gasteiger partial charge in [0.25, 0.3) is 0 Å². The van der Waals surface area contributed by atoms with E-state index in [0.717, 1.165) is 45.3 Å². The van der Waals surface area contributed by atoms with Crippen LogP contribution in [0.3, 0.4) is 0 Å². The molecule has 2 saturated heterocycles. The van der Waals surface area contributed by atoms with Gasteiger partial charge in [0.15, 0.2) is 0 Å². The maximum Gasteiger partial charge on any atom is 0.248 e. The predicted octanol–water partition coefficient (Wildman–Crippen LogP) is -0.260. The molecule has 2 atom stereocenters. The zero-order chi connectivity index (χ0) is 14.4. The average molecular weight is 283 g/mol. The van der Waals surface area contributed by atoms with E-state index >= 15 is 0 Å². The number of ether oxygens (including phenoxy) is 1. The fourth-order valence-corrected chi connectivity index (χ4v) is 2.95. The fraction of sp³-hybridized carbons (Fsp3) is 0.857. The number of amides is 2. The third kappa shape index (κ3) is 4.18. The SMILES string of the molecule is COCC(=O)N1CCCC(CNC(=O)C2CCCN2)C1. The molecule has 0 saturated carbocycles. The molecule has 2 aliphatic heterocycles. The van der Waals surface area contributed by atoms with Crippen LogP contribution in [-0.4, -0.2) is 62.7 Å². The highest BCUT2D eigenvalue weighted by molar-refractivity contribution is 5.82. The van der Waals surface area contributed by atoms with E-state index in [1.54, 1.807) is 0 Å². The van der Waals surface area contributed by atoms with Crippen LogP contribution in [0.2, 0.25) is 0 Å². The molecule has 2 amide bonds. The van der Waals surface area contributed by atoms with Crippen molar-refractivity contribution in [3.8, 4) is 0 Å². The van der Waals surface area contributed by atoms with Gasteiger partial charge in [-0.25, -0.2) is 0 Å². The van der Waals surface area contributed by atoms with Gasteiger partial charge in [0.1, 0.15) is 6.61 Å². The van der Waals surface area contributed by atoms with E-state index in [1.165, 1.54) is 7.11 Å². The van der Waals surface area contributed by atoms with Crippen molar-refractivity contribution < 1.29 is 14.3 Å². The lowest BCUT2D eigenvalue weighted by Gasteiger charge is -2.33. The van der Waals surface area contributed by atoms with E-state index in [4.69, 9.17) is 4.74 Å². The Labute approximate surface area is 120 Å². The highest BCUT2D eigenvalue weighted by atomic mass is 16.5. The predicted molar refractivity (Wildman–Crippen MR) is 75.2 cm³/mol. The second-order valence-corrected chi connectivity index (χ2v) is 5.68. The molecule has 0 aromatic heterocycles. The largest absolute Gasteiger partial charge is 0.375 e. The number of hydrogen-bond donors (Lipinski definition) is 2. The molecule has 2 N–H and O–H groups in total. The summed E-state index contributed by atoms with van der Waals surface area (Å²) in [7, 11) is 1.54. The van der Waals surface area contributed by atoms with E-state index in [2.05, 4.69) is 10.6 Å². The molecule has 2 fully saturated rings. The van der Waals surface area contributed by atoms with E-state index in [1.807, 2.05) is 4.90 Å². The summed E-state index contributed by atoms with van der Waals surface area (Å²) in [5.41, 5.74) is 0. The summed E-state index contributed by atoms with van der Waals surface area (Å²) < 4.78 is 4.89. The summed E-state index contributed by atoms with van der Waals surface area (Å²) in [5, 5.41) is 6.21. The summed E-state index contributed by atoms with van der Waals surface area (Å²) in [6.45, 7) is 3.26. The summed E-state index contributed by atoms with van der Waals surface area (Å²) in [6, 6.07) is -0.0233. The molecule has 0 bridgehead atoms. The summed E-state index contributed by atoms with van der Waals surface area (Å²) in [4.78, 5) is 25.6. The summed E-state index contributed by atoms with van der Waals surface area (Å²) in [6.07, 6.45) is 4.06. The van der Waals surface area contributed by atoms with Gasteiger partial charge in [0, 0.05) is 26.7 Å². The Kier molecular flexibility index (Phi) is 5.79. The first kappa shape index (κ1) is 15.3. The van der Waals surface area contributed by atoms with E-state index in [0.29, 0.717) is 12.5 Å². The smallest absolute Gasteiger partial charge is 0.248 e. The molecule has 0 aromatic carbocycles. The Hall–Kier alpha value is -1.14. The molecular formula is C14H25N3O3. The first-order valence-corrected chi connectivity index (χ1v) is 7.48. The quantitative estimate of drug-likeness (QED) is 0.729. The van der Waals surface area contributed by atoms with Crippen LogP contribution < -0.4 is 10.6 Å². The first-order valence-electron chi connectivity index (χ1n) is 7.48. The van der Waals surface area contributed by atoms with E-state index in [-0.39, 0.29) is 24.5 Å². The number of piperidine rings is 1. The molecule has 2 aliphatic rings. The maximum atomic E-state index is 11.9. The number of hydrogen-bond acceptors (Lipinski definition) is 4. The lowest BCUT2D eigenvalue weighted by Crippen LogP contribution is -2.47. The van der Waals surface area contributed by atoms with Gasteiger partial charge in [-0.05, 0) is 38.1 Å². The van der Waals surface area contributed by atoms with Crippen LogP contribution in [0.5, 0.6) is 0 Å². The molecule has 0 aliphatic carbocycles. The zero-order valence-electron chi connectivity index (χ0n) is 12.2. The van der Waals surface area contributed by atoms with Crippen molar-refractivity contribution in [3.05, 3.63) is 0 Å². The normalized spacial score (nSPS) is 26.6. The standard InChI is InChI=1S/C14H25N3O3/c1-20-10-13(18)17-7-3-4-11(9-17)8-16-14(19)12-5-2-6-15-12/h11-12,15H,2-10H2,1H3,(H,16,19). The van der Waals surface area contributed by atoms with Gasteiger partial charge in [-0.2, -0.15) is 0 Å². The number of methoxy groups -OCH3 is 1.